The molecular formula is C40H55F3O11SSi. The van der Waals surface area contributed by atoms with Crippen molar-refractivity contribution in [3.63, 3.8) is 0 Å². The van der Waals surface area contributed by atoms with Gasteiger partial charge in [-0.1, -0.05) is 64.1 Å². The molecule has 11 nitrogen and oxygen atoms in total. The molecule has 0 N–H and O–H groups in total. The lowest BCUT2D eigenvalue weighted by Crippen LogP contribution is -2.44. The van der Waals surface area contributed by atoms with Crippen molar-refractivity contribution in [2.24, 2.45) is 5.92 Å². The Hall–Kier alpha value is -3.41. The molecule has 2 aromatic rings. The summed E-state index contributed by atoms with van der Waals surface area (Å²) in [5.41, 5.74) is -4.90. The zero-order chi connectivity index (χ0) is 42.1. The van der Waals surface area contributed by atoms with Crippen molar-refractivity contribution >= 4 is 30.5 Å². The van der Waals surface area contributed by atoms with Gasteiger partial charge in [-0.15, -0.1) is 0 Å². The van der Waals surface area contributed by atoms with Crippen LogP contribution in [0.3, 0.4) is 0 Å². The molecule has 0 amide bonds. The van der Waals surface area contributed by atoms with Crippen molar-refractivity contribution in [3.8, 4) is 17.2 Å². The molecule has 0 bridgehead atoms. The molecule has 0 aliphatic carbocycles. The van der Waals surface area contributed by atoms with E-state index in [2.05, 4.69) is 58.0 Å². The first-order valence-corrected chi connectivity index (χ1v) is 22.7. The highest BCUT2D eigenvalue weighted by atomic mass is 32.2. The molecule has 2 aliphatic rings. The van der Waals surface area contributed by atoms with Crippen molar-refractivity contribution in [3.05, 3.63) is 71.3 Å². The normalized spacial score (nSPS) is 21.7. The van der Waals surface area contributed by atoms with E-state index in [1.807, 2.05) is 30.3 Å². The average Bonchev–Trinajstić information content (AvgIpc) is 3.36. The van der Waals surface area contributed by atoms with Gasteiger partial charge in [0.15, 0.2) is 14.1 Å². The molecule has 2 heterocycles. The number of fused-ring (bicyclic) bond motifs is 1. The number of halogens is 3. The van der Waals surface area contributed by atoms with Gasteiger partial charge in [-0.3, -0.25) is 0 Å². The first kappa shape index (κ1) is 45.3. The van der Waals surface area contributed by atoms with Crippen LogP contribution in [0.2, 0.25) is 18.1 Å². The van der Waals surface area contributed by atoms with Crippen LogP contribution in [0, 0.1) is 5.92 Å². The van der Waals surface area contributed by atoms with Gasteiger partial charge in [0.05, 0.1) is 19.8 Å². The summed E-state index contributed by atoms with van der Waals surface area (Å²) in [6.07, 6.45) is 5.34. The second-order valence-corrected chi connectivity index (χ2v) is 22.8. The Kier molecular flexibility index (Phi) is 13.6. The summed E-state index contributed by atoms with van der Waals surface area (Å²) in [6, 6.07) is 9.39. The zero-order valence-electron chi connectivity index (χ0n) is 34.1. The van der Waals surface area contributed by atoms with Crippen molar-refractivity contribution in [2.75, 3.05) is 7.11 Å². The van der Waals surface area contributed by atoms with E-state index in [9.17, 15) is 26.4 Å². The maximum atomic E-state index is 13.2. The van der Waals surface area contributed by atoms with E-state index in [-0.39, 0.29) is 47.0 Å². The fraction of sp³-hybridized carbons (Fsp3) is 0.575. The third kappa shape index (κ3) is 11.4. The fourth-order valence-corrected chi connectivity index (χ4v) is 7.78. The van der Waals surface area contributed by atoms with Gasteiger partial charge >= 0.3 is 21.6 Å². The molecule has 5 atom stereocenters. The number of hydrogen-bond acceptors (Lipinski definition) is 11. The Labute approximate surface area is 329 Å². The van der Waals surface area contributed by atoms with Crippen molar-refractivity contribution in [1.82, 2.24) is 0 Å². The Morgan fingerprint density at radius 1 is 0.929 bits per heavy atom. The fourth-order valence-electron chi connectivity index (χ4n) is 5.84. The third-order valence-corrected chi connectivity index (χ3v) is 15.5. The molecule has 2 aliphatic heterocycles. The van der Waals surface area contributed by atoms with Crippen LogP contribution in [0.4, 0.5) is 13.2 Å². The van der Waals surface area contributed by atoms with Gasteiger partial charge in [-0.05, 0) is 80.6 Å². The van der Waals surface area contributed by atoms with Crippen LogP contribution in [0.1, 0.15) is 90.2 Å². The Bertz CT molecular complexity index is 1870. The molecule has 1 fully saturated rings. The molecule has 0 radical (unpaired) electrons. The quantitative estimate of drug-likeness (QED) is 0.0561. The highest BCUT2D eigenvalue weighted by Gasteiger charge is 2.49. The van der Waals surface area contributed by atoms with Crippen LogP contribution in [0.15, 0.2) is 54.6 Å². The average molecular weight is 829 g/mol. The first-order valence-electron chi connectivity index (χ1n) is 18.4. The van der Waals surface area contributed by atoms with Crippen molar-refractivity contribution < 1.29 is 63.4 Å². The first-order chi connectivity index (χ1) is 25.6. The van der Waals surface area contributed by atoms with Crippen LogP contribution in [0.25, 0.3) is 6.08 Å². The van der Waals surface area contributed by atoms with E-state index in [0.29, 0.717) is 5.75 Å². The van der Waals surface area contributed by atoms with E-state index in [1.54, 1.807) is 27.0 Å². The predicted molar refractivity (Wildman–Crippen MR) is 207 cm³/mol. The molecule has 0 spiro atoms. The summed E-state index contributed by atoms with van der Waals surface area (Å²) in [4.78, 5) is 13.1. The highest BCUT2D eigenvalue weighted by Crippen LogP contribution is 2.41. The molecule has 1 saturated heterocycles. The van der Waals surface area contributed by atoms with E-state index < -0.39 is 65.5 Å². The molecular weight excluding hydrogens is 774 g/mol. The lowest BCUT2D eigenvalue weighted by Gasteiger charge is -2.39. The molecule has 4 rings (SSSR count). The Morgan fingerprint density at radius 2 is 1.57 bits per heavy atom. The number of rotatable bonds is 15. The summed E-state index contributed by atoms with van der Waals surface area (Å²) in [6.45, 7) is 21.8. The Balaban J connectivity index is 1.65. The summed E-state index contributed by atoms with van der Waals surface area (Å²) in [5, 5.41) is 0.0361. The second kappa shape index (κ2) is 16.8. The molecule has 2 aromatic carbocycles. The summed E-state index contributed by atoms with van der Waals surface area (Å²) >= 11 is 0. The standard InChI is InChI=1S/C40H55F3O11SSi/c1-25(26(2)54-56(11,12)37(3,4)5)16-21-31(48-24-27-17-19-29(47-10)20-18-27)35-32(49-38(6,7)51-35)15-13-14-28-22-30(53-55(45,46)40(41,42)43)23-33-34(28)36(44)52-39(8,9)50-33/h13-14,16-23,25-26,31-32,35H,15,24H2,1-12H3/b14-13+,21-16-/t25-,26+,31?,32+,35-/m1/s1. The van der Waals surface area contributed by atoms with Crippen molar-refractivity contribution in [2.45, 2.75) is 135 Å². The summed E-state index contributed by atoms with van der Waals surface area (Å²) in [7, 11) is -6.48. The number of cyclic esters (lactones) is 1. The maximum Gasteiger partial charge on any atom is 0.534 e. The summed E-state index contributed by atoms with van der Waals surface area (Å²) < 4.78 is 110. The molecule has 56 heavy (non-hydrogen) atoms. The maximum absolute atomic E-state index is 13.2. The second-order valence-electron chi connectivity index (χ2n) is 16.5. The van der Waals surface area contributed by atoms with Gasteiger partial charge in [0.1, 0.15) is 35.0 Å². The molecule has 16 heteroatoms. The predicted octanol–water partition coefficient (Wildman–Crippen LogP) is 9.32. The van der Waals surface area contributed by atoms with Gasteiger partial charge < -0.3 is 37.0 Å². The largest absolute Gasteiger partial charge is 0.534 e. The third-order valence-electron chi connectivity index (χ3n) is 9.94. The number of ether oxygens (including phenoxy) is 6. The number of carbonyl (C=O) groups is 1. The van der Waals surface area contributed by atoms with Gasteiger partial charge in [0, 0.05) is 26.0 Å². The minimum Gasteiger partial charge on any atom is -0.497 e. The van der Waals surface area contributed by atoms with E-state index >= 15 is 0 Å². The van der Waals surface area contributed by atoms with Crippen molar-refractivity contribution in [1.29, 1.82) is 0 Å². The number of alkyl halides is 3. The monoisotopic (exact) mass is 828 g/mol. The Morgan fingerprint density at radius 3 is 2.16 bits per heavy atom. The van der Waals surface area contributed by atoms with Crippen LogP contribution >= 0.6 is 0 Å². The minimum absolute atomic E-state index is 0.00171. The summed E-state index contributed by atoms with van der Waals surface area (Å²) in [5.74, 6) is -3.52. The van der Waals surface area contributed by atoms with Crippen LogP contribution in [-0.4, -0.2) is 71.3 Å². The lowest BCUT2D eigenvalue weighted by atomic mass is 9.99. The molecule has 0 saturated carbocycles. The van der Waals surface area contributed by atoms with E-state index in [1.165, 1.54) is 19.9 Å². The topological polar surface area (TPSA) is 125 Å². The van der Waals surface area contributed by atoms with E-state index in [0.717, 1.165) is 17.7 Å². The minimum atomic E-state index is -6.03. The van der Waals surface area contributed by atoms with Gasteiger partial charge in [0.25, 0.3) is 0 Å². The SMILES string of the molecule is COc1ccc(COC(/C=C\[C@@H](C)[C@H](C)O[Si](C)(C)C(C)(C)C)[C@H]2OC(C)(C)O[C@H]2C/C=C/c2cc(OS(=O)(=O)C(F)(F)F)cc3c2C(=O)OC(C)(C)O3)cc1. The van der Waals surface area contributed by atoms with Crippen LogP contribution in [-0.2, 0) is 40.1 Å². The number of carbonyl (C=O) groups excluding carboxylic acids is 1. The number of esters is 1. The lowest BCUT2D eigenvalue weighted by molar-refractivity contribution is -0.156. The van der Waals surface area contributed by atoms with Gasteiger partial charge in [-0.25, -0.2) is 4.79 Å². The molecule has 0 aromatic heterocycles. The number of hydrogen-bond donors (Lipinski definition) is 0. The van der Waals surface area contributed by atoms with Gasteiger partial charge in [-0.2, -0.15) is 21.6 Å². The number of methoxy groups -OCH3 is 1. The smallest absolute Gasteiger partial charge is 0.497 e. The molecule has 312 valence electrons. The highest BCUT2D eigenvalue weighted by molar-refractivity contribution is 7.88. The van der Waals surface area contributed by atoms with Crippen LogP contribution in [0.5, 0.6) is 17.2 Å². The number of benzene rings is 2. The van der Waals surface area contributed by atoms with E-state index in [4.69, 9.17) is 32.8 Å². The van der Waals surface area contributed by atoms with Crippen LogP contribution < -0.4 is 13.7 Å². The molecule has 1 unspecified atom stereocenters. The zero-order valence-corrected chi connectivity index (χ0v) is 35.9. The van der Waals surface area contributed by atoms with Gasteiger partial charge in [0.2, 0.25) is 5.79 Å².